The molecule has 8 nitrogen and oxygen atoms in total. The third kappa shape index (κ3) is 7.55. The molecule has 2 aromatic carbocycles. The van der Waals surface area contributed by atoms with Gasteiger partial charge in [-0.15, -0.1) is 0 Å². The molecule has 2 rings (SSSR count). The Balaban J connectivity index is 2.47. The smallest absolute Gasteiger partial charge is 0.304 e. The predicted molar refractivity (Wildman–Crippen MR) is 141 cm³/mol. The molecule has 0 saturated heterocycles. The minimum atomic E-state index is -4.26. The molecule has 0 fully saturated rings. The second-order valence-electron chi connectivity index (χ2n) is 8.83. The van der Waals surface area contributed by atoms with Crippen molar-refractivity contribution >= 4 is 50.9 Å². The lowest BCUT2D eigenvalue weighted by molar-refractivity contribution is -0.139. The van der Waals surface area contributed by atoms with Crippen LogP contribution >= 0.6 is 23.2 Å². The lowest BCUT2D eigenvalue weighted by atomic mass is 10.1. The Hall–Kier alpha value is -2.40. The summed E-state index contributed by atoms with van der Waals surface area (Å²) in [5, 5.41) is 3.37. The third-order valence-electron chi connectivity index (χ3n) is 5.33. The van der Waals surface area contributed by atoms with Crippen molar-refractivity contribution < 1.29 is 22.4 Å². The summed E-state index contributed by atoms with van der Waals surface area (Å²) in [5.74, 6) is -1.75. The third-order valence-corrected chi connectivity index (χ3v) is 7.87. The molecule has 0 aliphatic heterocycles. The van der Waals surface area contributed by atoms with Crippen LogP contribution in [0.3, 0.4) is 0 Å². The zero-order valence-corrected chi connectivity index (χ0v) is 23.2. The van der Waals surface area contributed by atoms with Crippen LogP contribution in [0.2, 0.25) is 10.0 Å². The Morgan fingerprint density at radius 1 is 1.03 bits per heavy atom. The van der Waals surface area contributed by atoms with Gasteiger partial charge >= 0.3 is 10.2 Å². The fraction of sp³-hybridized carbons (Fsp3) is 0.417. The number of anilines is 1. The molecule has 1 atom stereocenters. The molecule has 0 aliphatic carbocycles. The summed E-state index contributed by atoms with van der Waals surface area (Å²) >= 11 is 12.1. The second-order valence-corrected chi connectivity index (χ2v) is 11.7. The predicted octanol–water partition coefficient (Wildman–Crippen LogP) is 3.93. The molecule has 2 amide bonds. The quantitative estimate of drug-likeness (QED) is 0.450. The van der Waals surface area contributed by atoms with Crippen molar-refractivity contribution in [2.45, 2.75) is 33.4 Å². The maximum absolute atomic E-state index is 14.6. The molecular formula is C24H31Cl2FN4O4S. The Labute approximate surface area is 222 Å². The Bertz CT molecular complexity index is 1190. The van der Waals surface area contributed by atoms with Crippen molar-refractivity contribution in [1.82, 2.24) is 14.5 Å². The number of hydrogen-bond donors (Lipinski definition) is 1. The van der Waals surface area contributed by atoms with E-state index >= 15 is 0 Å². The lowest BCUT2D eigenvalue weighted by Crippen LogP contribution is -2.52. The fourth-order valence-electron chi connectivity index (χ4n) is 3.23. The van der Waals surface area contributed by atoms with Crippen molar-refractivity contribution in [2.75, 3.05) is 31.5 Å². The number of para-hydroxylation sites is 1. The molecule has 198 valence electrons. The molecule has 12 heteroatoms. The zero-order chi connectivity index (χ0) is 27.2. The maximum Gasteiger partial charge on any atom is 0.304 e. The van der Waals surface area contributed by atoms with E-state index in [-0.39, 0.29) is 23.2 Å². The summed E-state index contributed by atoms with van der Waals surface area (Å²) in [4.78, 5) is 27.7. The van der Waals surface area contributed by atoms with Gasteiger partial charge in [0.05, 0.1) is 15.7 Å². The van der Waals surface area contributed by atoms with Gasteiger partial charge in [-0.25, -0.2) is 8.70 Å². The van der Waals surface area contributed by atoms with Crippen LogP contribution in [0.4, 0.5) is 10.1 Å². The van der Waals surface area contributed by atoms with Crippen LogP contribution in [-0.2, 0) is 26.3 Å². The summed E-state index contributed by atoms with van der Waals surface area (Å²) in [7, 11) is -1.69. The first-order valence-corrected chi connectivity index (χ1v) is 13.4. The Kier molecular flexibility index (Phi) is 10.5. The van der Waals surface area contributed by atoms with E-state index in [0.29, 0.717) is 21.4 Å². The molecule has 0 radical (unpaired) electrons. The molecule has 0 bridgehead atoms. The van der Waals surface area contributed by atoms with Gasteiger partial charge in [0.2, 0.25) is 11.8 Å². The standard InChI is InChI=1S/C24H31Cl2FN4O4S/c1-16(2)13-28-24(33)17(3)30(14-18-10-11-19(25)20(26)12-18)23(32)15-31(36(34,35)29(4)5)22-9-7-6-8-21(22)27/h6-12,16-17H,13-15H2,1-5H3,(H,28,33)/t17-/m0/s1. The van der Waals surface area contributed by atoms with Crippen LogP contribution in [0.5, 0.6) is 0 Å². The molecule has 1 N–H and O–H groups in total. The van der Waals surface area contributed by atoms with Crippen molar-refractivity contribution in [3.8, 4) is 0 Å². The van der Waals surface area contributed by atoms with Crippen LogP contribution in [0.1, 0.15) is 26.3 Å². The number of nitrogens with zero attached hydrogens (tertiary/aromatic N) is 3. The van der Waals surface area contributed by atoms with E-state index in [1.54, 1.807) is 25.1 Å². The summed E-state index contributed by atoms with van der Waals surface area (Å²) in [6, 6.07) is 9.07. The van der Waals surface area contributed by atoms with Crippen LogP contribution < -0.4 is 9.62 Å². The summed E-state index contributed by atoms with van der Waals surface area (Å²) < 4.78 is 42.3. The highest BCUT2D eigenvalue weighted by atomic mass is 35.5. The Morgan fingerprint density at radius 2 is 1.67 bits per heavy atom. The van der Waals surface area contributed by atoms with E-state index in [0.717, 1.165) is 10.4 Å². The van der Waals surface area contributed by atoms with Crippen molar-refractivity contribution in [1.29, 1.82) is 0 Å². The molecule has 0 unspecified atom stereocenters. The van der Waals surface area contributed by atoms with Gasteiger partial charge < -0.3 is 10.2 Å². The average molecular weight is 562 g/mol. The monoisotopic (exact) mass is 560 g/mol. The highest BCUT2D eigenvalue weighted by molar-refractivity contribution is 7.90. The molecule has 0 aromatic heterocycles. The van der Waals surface area contributed by atoms with Gasteiger partial charge in [0.15, 0.2) is 0 Å². The first kappa shape index (κ1) is 29.8. The van der Waals surface area contributed by atoms with Gasteiger partial charge in [0.1, 0.15) is 18.4 Å². The van der Waals surface area contributed by atoms with Gasteiger partial charge in [0.25, 0.3) is 0 Å². The van der Waals surface area contributed by atoms with E-state index < -0.39 is 40.4 Å². The highest BCUT2D eigenvalue weighted by Gasteiger charge is 2.33. The fourth-order valence-corrected chi connectivity index (χ4v) is 4.61. The first-order chi connectivity index (χ1) is 16.7. The summed E-state index contributed by atoms with van der Waals surface area (Å²) in [5.41, 5.74) is 0.292. The SMILES string of the molecule is CC(C)CNC(=O)[C@H](C)N(Cc1ccc(Cl)c(Cl)c1)C(=O)CN(c1ccccc1F)S(=O)(=O)N(C)C. The van der Waals surface area contributed by atoms with E-state index in [1.165, 1.54) is 37.2 Å². The van der Waals surface area contributed by atoms with Gasteiger partial charge in [-0.1, -0.05) is 55.2 Å². The van der Waals surface area contributed by atoms with Gasteiger partial charge in [-0.3, -0.25) is 9.59 Å². The number of rotatable bonds is 11. The minimum absolute atomic E-state index is 0.0564. The summed E-state index contributed by atoms with van der Waals surface area (Å²) in [6.45, 7) is 5.01. The van der Waals surface area contributed by atoms with Gasteiger partial charge in [-0.2, -0.15) is 12.7 Å². The number of hydrogen-bond acceptors (Lipinski definition) is 4. The van der Waals surface area contributed by atoms with E-state index in [2.05, 4.69) is 5.32 Å². The average Bonchev–Trinajstić information content (AvgIpc) is 2.81. The molecule has 0 spiro atoms. The molecule has 0 aliphatic rings. The van der Waals surface area contributed by atoms with Crippen molar-refractivity contribution in [3.63, 3.8) is 0 Å². The highest BCUT2D eigenvalue weighted by Crippen LogP contribution is 2.26. The van der Waals surface area contributed by atoms with Gasteiger partial charge in [-0.05, 0) is 42.7 Å². The number of nitrogens with one attached hydrogen (secondary N) is 1. The molecule has 0 heterocycles. The van der Waals surface area contributed by atoms with E-state index in [4.69, 9.17) is 23.2 Å². The van der Waals surface area contributed by atoms with E-state index in [1.807, 2.05) is 13.8 Å². The van der Waals surface area contributed by atoms with Gasteiger partial charge in [0, 0.05) is 27.2 Å². The van der Waals surface area contributed by atoms with Crippen LogP contribution in [-0.4, -0.2) is 62.7 Å². The first-order valence-electron chi connectivity index (χ1n) is 11.2. The van der Waals surface area contributed by atoms with Crippen molar-refractivity contribution in [2.24, 2.45) is 5.92 Å². The molecule has 0 saturated carbocycles. The molecule has 2 aromatic rings. The Morgan fingerprint density at radius 3 is 2.22 bits per heavy atom. The minimum Gasteiger partial charge on any atom is -0.354 e. The number of carbonyl (C=O) groups excluding carboxylic acids is 2. The largest absolute Gasteiger partial charge is 0.354 e. The zero-order valence-electron chi connectivity index (χ0n) is 20.8. The lowest BCUT2D eigenvalue weighted by Gasteiger charge is -2.33. The second kappa shape index (κ2) is 12.7. The normalized spacial score (nSPS) is 12.5. The van der Waals surface area contributed by atoms with Crippen molar-refractivity contribution in [3.05, 3.63) is 63.9 Å². The number of amides is 2. The topological polar surface area (TPSA) is 90.0 Å². The number of halogens is 3. The summed E-state index contributed by atoms with van der Waals surface area (Å²) in [6.07, 6.45) is 0. The van der Waals surface area contributed by atoms with E-state index in [9.17, 15) is 22.4 Å². The number of benzene rings is 2. The maximum atomic E-state index is 14.6. The van der Waals surface area contributed by atoms with Crippen LogP contribution in [0.15, 0.2) is 42.5 Å². The van der Waals surface area contributed by atoms with Crippen LogP contribution in [0.25, 0.3) is 0 Å². The molecular weight excluding hydrogens is 530 g/mol. The number of carbonyl (C=O) groups is 2. The van der Waals surface area contributed by atoms with Crippen LogP contribution in [0, 0.1) is 11.7 Å². The molecule has 36 heavy (non-hydrogen) atoms.